The second kappa shape index (κ2) is 11.0. The second-order valence-electron chi connectivity index (χ2n) is 9.18. The van der Waals surface area contributed by atoms with E-state index < -0.39 is 6.16 Å². The summed E-state index contributed by atoms with van der Waals surface area (Å²) in [6.07, 6.45) is 4.47. The van der Waals surface area contributed by atoms with Gasteiger partial charge in [-0.05, 0) is 55.6 Å². The van der Waals surface area contributed by atoms with Crippen molar-refractivity contribution in [1.82, 2.24) is 9.88 Å². The summed E-state index contributed by atoms with van der Waals surface area (Å²) in [5.74, 6) is 1.12. The largest absolute Gasteiger partial charge is 0.513 e. The van der Waals surface area contributed by atoms with E-state index in [-0.39, 0.29) is 5.63 Å². The lowest BCUT2D eigenvalue weighted by atomic mass is 10.1. The highest BCUT2D eigenvalue weighted by atomic mass is 16.7. The number of aromatic nitrogens is 1. The number of benzene rings is 2. The van der Waals surface area contributed by atoms with Crippen molar-refractivity contribution in [2.75, 3.05) is 51.8 Å². The summed E-state index contributed by atoms with van der Waals surface area (Å²) in [6, 6.07) is 12.8. The zero-order valence-electron chi connectivity index (χ0n) is 21.1. The molecule has 0 saturated carbocycles. The number of hydrogen-bond acceptors (Lipinski definition) is 8. The van der Waals surface area contributed by atoms with Gasteiger partial charge in [0.05, 0.1) is 19.9 Å². The summed E-state index contributed by atoms with van der Waals surface area (Å²) >= 11 is 0. The summed E-state index contributed by atoms with van der Waals surface area (Å²) in [5, 5.41) is 2.07. The number of aromatic amines is 1. The average Bonchev–Trinajstić information content (AvgIpc) is 3.32. The molecule has 1 N–H and O–H groups in total. The monoisotopic (exact) mass is 505 g/mol. The molecule has 0 radical (unpaired) electrons. The van der Waals surface area contributed by atoms with Crippen LogP contribution in [-0.4, -0.2) is 63.0 Å². The Morgan fingerprint density at radius 3 is 2.54 bits per heavy atom. The molecule has 9 heteroatoms. The Morgan fingerprint density at radius 1 is 0.973 bits per heavy atom. The molecule has 1 aliphatic heterocycles. The molecular weight excluding hydrogens is 474 g/mol. The minimum atomic E-state index is -0.726. The Kier molecular flexibility index (Phi) is 7.32. The lowest BCUT2D eigenvalue weighted by molar-refractivity contribution is 0.121. The lowest BCUT2D eigenvalue weighted by Crippen LogP contribution is -2.46. The van der Waals surface area contributed by atoms with Crippen molar-refractivity contribution < 1.29 is 23.4 Å². The quantitative estimate of drug-likeness (QED) is 0.161. The van der Waals surface area contributed by atoms with Crippen LogP contribution in [0.4, 0.5) is 10.5 Å². The molecule has 37 heavy (non-hydrogen) atoms. The molecule has 0 aliphatic carbocycles. The van der Waals surface area contributed by atoms with Gasteiger partial charge in [-0.1, -0.05) is 0 Å². The number of piperazine rings is 1. The van der Waals surface area contributed by atoms with Gasteiger partial charge in [0.15, 0.2) is 0 Å². The van der Waals surface area contributed by atoms with Gasteiger partial charge in [-0.2, -0.15) is 0 Å². The van der Waals surface area contributed by atoms with Crippen molar-refractivity contribution in [2.24, 2.45) is 0 Å². The number of fused-ring (bicyclic) bond motifs is 2. The van der Waals surface area contributed by atoms with E-state index in [0.29, 0.717) is 17.1 Å². The molecule has 5 rings (SSSR count). The first-order valence-electron chi connectivity index (χ1n) is 12.5. The molecule has 0 unspecified atom stereocenters. The zero-order valence-corrected chi connectivity index (χ0v) is 21.1. The van der Waals surface area contributed by atoms with E-state index in [4.69, 9.17) is 13.9 Å². The fraction of sp³-hybridized carbons (Fsp3) is 0.357. The van der Waals surface area contributed by atoms with E-state index in [1.54, 1.807) is 25.3 Å². The van der Waals surface area contributed by atoms with Crippen molar-refractivity contribution in [3.63, 3.8) is 0 Å². The fourth-order valence-electron chi connectivity index (χ4n) is 4.95. The number of hydrogen-bond donors (Lipinski definition) is 1. The Morgan fingerprint density at radius 2 is 1.76 bits per heavy atom. The number of carbonyl (C=O) groups is 1. The highest BCUT2D eigenvalue weighted by Crippen LogP contribution is 2.29. The van der Waals surface area contributed by atoms with E-state index in [9.17, 15) is 9.59 Å². The predicted octanol–water partition coefficient (Wildman–Crippen LogP) is 4.57. The number of nitrogens with zero attached hydrogens (tertiary/aromatic N) is 2. The molecule has 2 aromatic heterocycles. The summed E-state index contributed by atoms with van der Waals surface area (Å²) in [6.45, 7) is 4.68. The summed E-state index contributed by atoms with van der Waals surface area (Å²) in [4.78, 5) is 31.5. The normalized spacial score (nSPS) is 14.3. The van der Waals surface area contributed by atoms with Crippen molar-refractivity contribution in [1.29, 1.82) is 0 Å². The Bertz CT molecular complexity index is 1450. The molecule has 9 nitrogen and oxygen atoms in total. The van der Waals surface area contributed by atoms with Gasteiger partial charge >= 0.3 is 11.8 Å². The topological polar surface area (TPSA) is 97.2 Å². The number of anilines is 1. The maximum Gasteiger partial charge on any atom is 0.513 e. The summed E-state index contributed by atoms with van der Waals surface area (Å²) in [5.41, 5.74) is 3.33. The molecule has 194 valence electrons. The minimum absolute atomic E-state index is 0.345. The molecular formula is C28H31N3O6. The standard InChI is InChI=1S/C28H31N3O6/c1-34-20-6-9-23-25(17-27(32)37-26(23)16-20)31-13-11-30(12-14-31)10-4-3-5-19-18-29-24-15-21(7-8-22(19)24)36-28(33)35-2/h6-9,15-18,29H,3-5,10-14H2,1-2H3. The SMILES string of the molecule is COC(=O)Oc1ccc2c(CCCCN3CCN(c4cc(=O)oc5cc(OC)ccc45)CC3)c[nH]c2c1. The van der Waals surface area contributed by atoms with Gasteiger partial charge in [0.1, 0.15) is 17.1 Å². The van der Waals surface area contributed by atoms with E-state index in [1.165, 1.54) is 12.7 Å². The van der Waals surface area contributed by atoms with E-state index in [0.717, 1.165) is 74.0 Å². The maximum absolute atomic E-state index is 12.2. The Balaban J connectivity index is 1.12. The fourth-order valence-corrected chi connectivity index (χ4v) is 4.95. The minimum Gasteiger partial charge on any atom is -0.497 e. The van der Waals surface area contributed by atoms with Crippen LogP contribution in [0.3, 0.4) is 0 Å². The number of H-pyrrole nitrogens is 1. The molecule has 1 fully saturated rings. The molecule has 3 heterocycles. The second-order valence-corrected chi connectivity index (χ2v) is 9.18. The van der Waals surface area contributed by atoms with E-state index in [1.807, 2.05) is 30.5 Å². The Labute approximate surface area is 214 Å². The smallest absolute Gasteiger partial charge is 0.497 e. The molecule has 4 aromatic rings. The van der Waals surface area contributed by atoms with Crippen LogP contribution in [0.5, 0.6) is 11.5 Å². The van der Waals surface area contributed by atoms with Gasteiger partial charge in [0.25, 0.3) is 0 Å². The van der Waals surface area contributed by atoms with Gasteiger partial charge in [-0.3, -0.25) is 4.90 Å². The first-order chi connectivity index (χ1) is 18.0. The number of carbonyl (C=O) groups excluding carboxylic acids is 1. The van der Waals surface area contributed by atoms with Crippen LogP contribution < -0.4 is 20.0 Å². The van der Waals surface area contributed by atoms with Crippen LogP contribution in [0.2, 0.25) is 0 Å². The highest BCUT2D eigenvalue weighted by molar-refractivity contribution is 5.91. The van der Waals surface area contributed by atoms with Crippen molar-refractivity contribution in [2.45, 2.75) is 19.3 Å². The third-order valence-electron chi connectivity index (χ3n) is 6.92. The van der Waals surface area contributed by atoms with Crippen LogP contribution in [0.15, 0.2) is 57.9 Å². The highest BCUT2D eigenvalue weighted by Gasteiger charge is 2.20. The number of aryl methyl sites for hydroxylation is 1. The van der Waals surface area contributed by atoms with Gasteiger partial charge in [0.2, 0.25) is 0 Å². The van der Waals surface area contributed by atoms with Crippen LogP contribution in [0, 0.1) is 0 Å². The molecule has 2 aromatic carbocycles. The molecule has 1 aliphatic rings. The van der Waals surface area contributed by atoms with Gasteiger partial charge in [0, 0.05) is 66.9 Å². The number of methoxy groups -OCH3 is 2. The number of ether oxygens (including phenoxy) is 3. The first kappa shape index (κ1) is 24.7. The zero-order chi connectivity index (χ0) is 25.8. The number of unbranched alkanes of at least 4 members (excludes halogenated alkanes) is 1. The predicted molar refractivity (Wildman–Crippen MR) is 142 cm³/mol. The van der Waals surface area contributed by atoms with Crippen LogP contribution in [0.1, 0.15) is 18.4 Å². The van der Waals surface area contributed by atoms with E-state index >= 15 is 0 Å². The average molecular weight is 506 g/mol. The van der Waals surface area contributed by atoms with Gasteiger partial charge < -0.3 is 28.5 Å². The molecule has 0 atom stereocenters. The van der Waals surface area contributed by atoms with E-state index in [2.05, 4.69) is 19.5 Å². The van der Waals surface area contributed by atoms with Crippen molar-refractivity contribution >= 4 is 33.7 Å². The Hall–Kier alpha value is -3.98. The molecule has 0 amide bonds. The first-order valence-corrected chi connectivity index (χ1v) is 12.5. The maximum atomic E-state index is 12.2. The molecule has 1 saturated heterocycles. The van der Waals surface area contributed by atoms with Crippen LogP contribution in [0.25, 0.3) is 21.9 Å². The third-order valence-corrected chi connectivity index (χ3v) is 6.92. The number of nitrogens with one attached hydrogen (secondary N) is 1. The van der Waals surface area contributed by atoms with Crippen LogP contribution in [-0.2, 0) is 11.2 Å². The van der Waals surface area contributed by atoms with Crippen molar-refractivity contribution in [3.8, 4) is 11.5 Å². The van der Waals surface area contributed by atoms with Gasteiger partial charge in [-0.15, -0.1) is 0 Å². The lowest BCUT2D eigenvalue weighted by Gasteiger charge is -2.36. The third kappa shape index (κ3) is 5.56. The van der Waals surface area contributed by atoms with Crippen molar-refractivity contribution in [3.05, 3.63) is 64.6 Å². The van der Waals surface area contributed by atoms with Crippen LogP contribution >= 0.6 is 0 Å². The number of rotatable bonds is 8. The van der Waals surface area contributed by atoms with Gasteiger partial charge in [-0.25, -0.2) is 9.59 Å². The summed E-state index contributed by atoms with van der Waals surface area (Å²) in [7, 11) is 2.89. The molecule has 0 bridgehead atoms. The molecule has 0 spiro atoms. The summed E-state index contributed by atoms with van der Waals surface area (Å²) < 4.78 is 20.3.